The summed E-state index contributed by atoms with van der Waals surface area (Å²) in [6.07, 6.45) is 0.778. The highest BCUT2D eigenvalue weighted by Crippen LogP contribution is 2.29. The Morgan fingerprint density at radius 1 is 1.05 bits per heavy atom. The van der Waals surface area contributed by atoms with Gasteiger partial charge in [0.05, 0.1) is 29.7 Å². The fourth-order valence-electron chi connectivity index (χ4n) is 5.29. The van der Waals surface area contributed by atoms with Gasteiger partial charge < -0.3 is 9.64 Å². The van der Waals surface area contributed by atoms with Crippen LogP contribution in [-0.4, -0.2) is 58.0 Å². The number of aromatic nitrogens is 2. The van der Waals surface area contributed by atoms with Crippen molar-refractivity contribution in [3.05, 3.63) is 99.0 Å². The van der Waals surface area contributed by atoms with E-state index in [4.69, 9.17) is 9.72 Å². The average Bonchev–Trinajstić information content (AvgIpc) is 2.94. The third-order valence-electron chi connectivity index (χ3n) is 7.27. The topological polar surface area (TPSA) is 67.7 Å². The Labute approximate surface area is 230 Å². The molecule has 38 heavy (non-hydrogen) atoms. The lowest BCUT2D eigenvalue weighted by atomic mass is 10.1. The van der Waals surface area contributed by atoms with Gasteiger partial charge in [-0.15, -0.1) is 0 Å². The largest absolute Gasteiger partial charge is 0.497 e. The molecule has 0 saturated carbocycles. The lowest BCUT2D eigenvalue weighted by Gasteiger charge is -2.43. The number of amides is 1. The number of carbonyl (C=O) groups is 1. The smallest absolute Gasteiger partial charge is 0.266 e. The van der Waals surface area contributed by atoms with Gasteiger partial charge in [-0.25, -0.2) is 4.98 Å². The molecule has 8 heteroatoms. The highest BCUT2D eigenvalue weighted by molar-refractivity contribution is 9.10. The van der Waals surface area contributed by atoms with E-state index in [1.807, 2.05) is 77.7 Å². The van der Waals surface area contributed by atoms with Crippen molar-refractivity contribution in [2.24, 2.45) is 0 Å². The molecule has 0 N–H and O–H groups in total. The van der Waals surface area contributed by atoms with Crippen LogP contribution in [0.1, 0.15) is 42.5 Å². The van der Waals surface area contributed by atoms with Crippen LogP contribution in [0.25, 0.3) is 16.6 Å². The number of halogens is 1. The average molecular weight is 576 g/mol. The first-order valence-corrected chi connectivity index (χ1v) is 13.7. The normalized spacial score (nSPS) is 16.9. The van der Waals surface area contributed by atoms with E-state index in [1.54, 1.807) is 11.7 Å². The maximum Gasteiger partial charge on any atom is 0.266 e. The van der Waals surface area contributed by atoms with Crippen molar-refractivity contribution in [2.75, 3.05) is 26.7 Å². The van der Waals surface area contributed by atoms with Crippen LogP contribution in [0.4, 0.5) is 0 Å². The van der Waals surface area contributed by atoms with E-state index in [2.05, 4.69) is 34.7 Å². The van der Waals surface area contributed by atoms with Gasteiger partial charge in [-0.05, 0) is 74.0 Å². The Morgan fingerprint density at radius 3 is 2.42 bits per heavy atom. The molecular formula is C30H31BrN4O3. The molecule has 2 unspecified atom stereocenters. The summed E-state index contributed by atoms with van der Waals surface area (Å²) in [5.74, 6) is 1.47. The number of hydrogen-bond acceptors (Lipinski definition) is 5. The molecule has 7 nitrogen and oxygen atoms in total. The van der Waals surface area contributed by atoms with Crippen LogP contribution >= 0.6 is 15.9 Å². The van der Waals surface area contributed by atoms with E-state index in [0.29, 0.717) is 36.1 Å². The summed E-state index contributed by atoms with van der Waals surface area (Å²) in [7, 11) is 1.61. The molecule has 0 aliphatic carbocycles. The number of fused-ring (bicyclic) bond motifs is 1. The Hall–Kier alpha value is -3.49. The van der Waals surface area contributed by atoms with Crippen molar-refractivity contribution in [2.45, 2.75) is 32.4 Å². The Morgan fingerprint density at radius 2 is 1.76 bits per heavy atom. The molecule has 1 aromatic heterocycles. The standard InChI is InChI=1S/C30H31BrN4O3/c1-4-27(33-17-18-34(20(2)19-33)29(36)21-9-15-24(38-3)16-10-21)28-32-26-8-6-5-7-25(26)30(37)35(28)23-13-11-22(31)12-14-23/h5-16,20,27H,4,17-19H2,1-3H3. The van der Waals surface area contributed by atoms with Crippen molar-refractivity contribution in [1.82, 2.24) is 19.4 Å². The van der Waals surface area contributed by atoms with Gasteiger partial charge in [-0.3, -0.25) is 19.1 Å². The number of nitrogens with zero attached hydrogens (tertiary/aromatic N) is 4. The quantitative estimate of drug-likeness (QED) is 0.306. The number of rotatable bonds is 6. The highest BCUT2D eigenvalue weighted by Gasteiger charge is 2.33. The Kier molecular flexibility index (Phi) is 7.63. The van der Waals surface area contributed by atoms with Gasteiger partial charge in [0.1, 0.15) is 11.6 Å². The number of hydrogen-bond donors (Lipinski definition) is 0. The first-order valence-electron chi connectivity index (χ1n) is 12.9. The van der Waals surface area contributed by atoms with Crippen molar-refractivity contribution < 1.29 is 9.53 Å². The second kappa shape index (κ2) is 11.1. The minimum absolute atomic E-state index is 0.000658. The van der Waals surface area contributed by atoms with Gasteiger partial charge >= 0.3 is 0 Å². The number of ether oxygens (including phenoxy) is 1. The van der Waals surface area contributed by atoms with Crippen molar-refractivity contribution in [3.63, 3.8) is 0 Å². The molecule has 1 aliphatic rings. The second-order valence-corrected chi connectivity index (χ2v) is 10.5. The summed E-state index contributed by atoms with van der Waals surface area (Å²) in [4.78, 5) is 36.4. The summed E-state index contributed by atoms with van der Waals surface area (Å²) < 4.78 is 7.93. The third kappa shape index (κ3) is 4.98. The fraction of sp³-hybridized carbons (Fsp3) is 0.300. The summed E-state index contributed by atoms with van der Waals surface area (Å²) >= 11 is 3.50. The summed E-state index contributed by atoms with van der Waals surface area (Å²) in [5, 5.41) is 0.595. The van der Waals surface area contributed by atoms with E-state index >= 15 is 0 Å². The van der Waals surface area contributed by atoms with E-state index in [-0.39, 0.29) is 23.6 Å². The van der Waals surface area contributed by atoms with Crippen LogP contribution in [0.2, 0.25) is 0 Å². The van der Waals surface area contributed by atoms with Crippen molar-refractivity contribution in [3.8, 4) is 11.4 Å². The molecule has 4 aromatic rings. The number of piperazine rings is 1. The number of para-hydroxylation sites is 1. The highest BCUT2D eigenvalue weighted by atomic mass is 79.9. The summed E-state index contributed by atoms with van der Waals surface area (Å²) in [6.45, 7) is 6.17. The maximum atomic E-state index is 13.8. The molecule has 0 spiro atoms. The zero-order valence-corrected chi connectivity index (χ0v) is 23.4. The van der Waals surface area contributed by atoms with Crippen LogP contribution in [0.3, 0.4) is 0 Å². The lowest BCUT2D eigenvalue weighted by molar-refractivity contribution is 0.0364. The third-order valence-corrected chi connectivity index (χ3v) is 7.80. The minimum Gasteiger partial charge on any atom is -0.497 e. The van der Waals surface area contributed by atoms with Gasteiger partial charge in [0.2, 0.25) is 0 Å². The number of benzene rings is 3. The number of carbonyl (C=O) groups excluding carboxylic acids is 1. The molecule has 2 atom stereocenters. The van der Waals surface area contributed by atoms with Crippen molar-refractivity contribution in [1.29, 1.82) is 0 Å². The molecule has 1 saturated heterocycles. The van der Waals surface area contributed by atoms with E-state index < -0.39 is 0 Å². The molecule has 1 amide bonds. The minimum atomic E-state index is -0.0864. The van der Waals surface area contributed by atoms with Gasteiger partial charge in [-0.1, -0.05) is 35.0 Å². The predicted octanol–water partition coefficient (Wildman–Crippen LogP) is 5.45. The molecular weight excluding hydrogens is 544 g/mol. The molecule has 1 fully saturated rings. The van der Waals surface area contributed by atoms with Crippen LogP contribution in [-0.2, 0) is 0 Å². The van der Waals surface area contributed by atoms with Crippen molar-refractivity contribution >= 4 is 32.7 Å². The van der Waals surface area contributed by atoms with Gasteiger partial charge in [0.25, 0.3) is 11.5 Å². The van der Waals surface area contributed by atoms with Gasteiger partial charge in [-0.2, -0.15) is 0 Å². The molecule has 5 rings (SSSR count). The lowest BCUT2D eigenvalue weighted by Crippen LogP contribution is -2.55. The second-order valence-electron chi connectivity index (χ2n) is 9.60. The number of methoxy groups -OCH3 is 1. The monoisotopic (exact) mass is 574 g/mol. The zero-order valence-electron chi connectivity index (χ0n) is 21.8. The van der Waals surface area contributed by atoms with Crippen LogP contribution in [0, 0.1) is 0 Å². The SMILES string of the molecule is CCC(c1nc2ccccc2c(=O)n1-c1ccc(Br)cc1)N1CCN(C(=O)c2ccc(OC)cc2)C(C)C1. The molecule has 2 heterocycles. The summed E-state index contributed by atoms with van der Waals surface area (Å²) in [5.41, 5.74) is 2.05. The van der Waals surface area contributed by atoms with Crippen LogP contribution in [0.5, 0.6) is 5.75 Å². The van der Waals surface area contributed by atoms with E-state index in [9.17, 15) is 9.59 Å². The molecule has 196 valence electrons. The first kappa shape index (κ1) is 26.1. The van der Waals surface area contributed by atoms with Crippen LogP contribution < -0.4 is 10.3 Å². The zero-order chi connectivity index (χ0) is 26.8. The van der Waals surface area contributed by atoms with E-state index in [0.717, 1.165) is 28.2 Å². The van der Waals surface area contributed by atoms with Gasteiger partial charge in [0, 0.05) is 35.7 Å². The van der Waals surface area contributed by atoms with Gasteiger partial charge in [0.15, 0.2) is 0 Å². The first-order chi connectivity index (χ1) is 18.4. The summed E-state index contributed by atoms with van der Waals surface area (Å²) in [6, 6.07) is 22.4. The maximum absolute atomic E-state index is 13.8. The van der Waals surface area contributed by atoms with E-state index in [1.165, 1.54) is 0 Å². The predicted molar refractivity (Wildman–Crippen MR) is 153 cm³/mol. The molecule has 0 bridgehead atoms. The molecule has 1 aliphatic heterocycles. The molecule has 0 radical (unpaired) electrons. The Bertz CT molecular complexity index is 1500. The van der Waals surface area contributed by atoms with Crippen LogP contribution in [0.15, 0.2) is 82.1 Å². The fourth-order valence-corrected chi connectivity index (χ4v) is 5.55. The molecule has 3 aromatic carbocycles. The Balaban J connectivity index is 1.48.